The first-order valence-corrected chi connectivity index (χ1v) is 9.42. The summed E-state index contributed by atoms with van der Waals surface area (Å²) in [6, 6.07) is 5.62. The van der Waals surface area contributed by atoms with E-state index < -0.39 is 0 Å². The van der Waals surface area contributed by atoms with Crippen LogP contribution in [0.4, 0.5) is 0 Å². The van der Waals surface area contributed by atoms with Gasteiger partial charge in [-0.05, 0) is 38.8 Å². The molecule has 3 rings (SSSR count). The van der Waals surface area contributed by atoms with Crippen molar-refractivity contribution in [2.24, 2.45) is 0 Å². The zero-order chi connectivity index (χ0) is 18.7. The molecule has 2 saturated heterocycles. The Morgan fingerprint density at radius 3 is 2.31 bits per heavy atom. The Hall–Kier alpha value is -1.79. The van der Waals surface area contributed by atoms with Gasteiger partial charge in [-0.2, -0.15) is 0 Å². The van der Waals surface area contributed by atoms with Gasteiger partial charge in [0.05, 0.1) is 26.4 Å². The number of rotatable bonds is 5. The summed E-state index contributed by atoms with van der Waals surface area (Å²) in [6.45, 7) is 7.79. The summed E-state index contributed by atoms with van der Waals surface area (Å²) in [4.78, 5) is 17.6. The molecule has 0 saturated carbocycles. The third kappa shape index (κ3) is 4.30. The van der Waals surface area contributed by atoms with Crippen LogP contribution >= 0.6 is 0 Å². The van der Waals surface area contributed by atoms with Crippen LogP contribution in [0.2, 0.25) is 0 Å². The van der Waals surface area contributed by atoms with Gasteiger partial charge in [0.25, 0.3) is 5.91 Å². The number of nitrogens with zero attached hydrogens (tertiary/aromatic N) is 2. The molecule has 1 amide bonds. The van der Waals surface area contributed by atoms with Crippen molar-refractivity contribution in [3.05, 3.63) is 23.8 Å². The van der Waals surface area contributed by atoms with Gasteiger partial charge < -0.3 is 19.1 Å². The van der Waals surface area contributed by atoms with Gasteiger partial charge >= 0.3 is 0 Å². The smallest absolute Gasteiger partial charge is 0.254 e. The number of ether oxygens (including phenoxy) is 3. The zero-order valence-corrected chi connectivity index (χ0v) is 16.2. The summed E-state index contributed by atoms with van der Waals surface area (Å²) in [7, 11) is 3.20. The monoisotopic (exact) mass is 362 g/mol. The maximum atomic E-state index is 13.1. The van der Waals surface area contributed by atoms with E-state index in [1.807, 2.05) is 4.90 Å². The van der Waals surface area contributed by atoms with E-state index in [9.17, 15) is 4.79 Å². The Balaban J connectivity index is 1.72. The highest BCUT2D eigenvalue weighted by Gasteiger charge is 2.33. The molecule has 2 aliphatic heterocycles. The molecule has 3 atom stereocenters. The highest BCUT2D eigenvalue weighted by atomic mass is 16.5. The number of methoxy groups -OCH3 is 2. The zero-order valence-electron chi connectivity index (χ0n) is 16.2. The van der Waals surface area contributed by atoms with Crippen molar-refractivity contribution < 1.29 is 19.0 Å². The van der Waals surface area contributed by atoms with Crippen LogP contribution < -0.4 is 9.47 Å². The topological polar surface area (TPSA) is 51.2 Å². The average Bonchev–Trinajstić information content (AvgIpc) is 3.07. The number of likely N-dealkylation sites (tertiary alicyclic amines) is 1. The van der Waals surface area contributed by atoms with Crippen LogP contribution in [0, 0.1) is 0 Å². The summed E-state index contributed by atoms with van der Waals surface area (Å²) in [5.41, 5.74) is 0.622. The second-order valence-corrected chi connectivity index (χ2v) is 7.37. The first-order chi connectivity index (χ1) is 12.5. The lowest BCUT2D eigenvalue weighted by Crippen LogP contribution is -2.50. The van der Waals surface area contributed by atoms with E-state index in [0.717, 1.165) is 39.0 Å². The minimum Gasteiger partial charge on any atom is -0.497 e. The summed E-state index contributed by atoms with van der Waals surface area (Å²) >= 11 is 0. The first-order valence-electron chi connectivity index (χ1n) is 9.42. The molecule has 0 aliphatic carbocycles. The Morgan fingerprint density at radius 2 is 1.73 bits per heavy atom. The molecule has 26 heavy (non-hydrogen) atoms. The molecule has 1 aromatic rings. The number of hydrogen-bond donors (Lipinski definition) is 0. The number of morpholine rings is 1. The molecule has 1 aromatic carbocycles. The Labute approximate surface area is 156 Å². The molecule has 2 fully saturated rings. The fourth-order valence-electron chi connectivity index (χ4n) is 4.12. The van der Waals surface area contributed by atoms with Crippen LogP contribution in [0.3, 0.4) is 0 Å². The van der Waals surface area contributed by atoms with E-state index in [2.05, 4.69) is 18.7 Å². The van der Waals surface area contributed by atoms with Crippen molar-refractivity contribution in [2.75, 3.05) is 40.4 Å². The third-order valence-electron chi connectivity index (χ3n) is 5.20. The van der Waals surface area contributed by atoms with Gasteiger partial charge in [-0.15, -0.1) is 0 Å². The Morgan fingerprint density at radius 1 is 1.12 bits per heavy atom. The summed E-state index contributed by atoms with van der Waals surface area (Å²) in [5.74, 6) is 1.33. The number of amides is 1. The van der Waals surface area contributed by atoms with E-state index in [1.165, 1.54) is 0 Å². The van der Waals surface area contributed by atoms with Crippen LogP contribution in [0.5, 0.6) is 11.5 Å². The van der Waals surface area contributed by atoms with Crippen LogP contribution in [-0.2, 0) is 4.74 Å². The number of hydrogen-bond acceptors (Lipinski definition) is 5. The molecular weight excluding hydrogens is 332 g/mol. The van der Waals surface area contributed by atoms with Crippen molar-refractivity contribution in [1.29, 1.82) is 0 Å². The molecule has 6 nitrogen and oxygen atoms in total. The van der Waals surface area contributed by atoms with E-state index in [4.69, 9.17) is 14.2 Å². The maximum Gasteiger partial charge on any atom is 0.254 e. The molecule has 6 heteroatoms. The van der Waals surface area contributed by atoms with E-state index in [1.54, 1.807) is 32.4 Å². The lowest BCUT2D eigenvalue weighted by molar-refractivity contribution is -0.0715. The molecule has 0 unspecified atom stereocenters. The van der Waals surface area contributed by atoms with Gasteiger partial charge in [0.15, 0.2) is 0 Å². The van der Waals surface area contributed by atoms with Gasteiger partial charge in [0, 0.05) is 43.9 Å². The number of benzene rings is 1. The maximum absolute atomic E-state index is 13.1. The summed E-state index contributed by atoms with van der Waals surface area (Å²) in [5, 5.41) is 0. The minimum atomic E-state index is 0.0547. The molecule has 0 radical (unpaired) electrons. The second-order valence-electron chi connectivity index (χ2n) is 7.37. The molecule has 2 aliphatic rings. The van der Waals surface area contributed by atoms with Crippen LogP contribution in [-0.4, -0.2) is 74.4 Å². The molecule has 0 bridgehead atoms. The lowest BCUT2D eigenvalue weighted by atomic mass is 10.1. The average molecular weight is 362 g/mol. The second kappa shape index (κ2) is 8.27. The van der Waals surface area contributed by atoms with Gasteiger partial charge in [-0.1, -0.05) is 0 Å². The molecule has 144 valence electrons. The van der Waals surface area contributed by atoms with E-state index >= 15 is 0 Å². The minimum absolute atomic E-state index is 0.0547. The largest absolute Gasteiger partial charge is 0.497 e. The van der Waals surface area contributed by atoms with Gasteiger partial charge in [-0.25, -0.2) is 0 Å². The Bertz CT molecular complexity index is 604. The predicted octanol–water partition coefficient (Wildman–Crippen LogP) is 2.42. The SMILES string of the molecule is COc1cc(OC)cc(C(=O)N2CCC[C@@H]2CN2C[C@H](C)O[C@@H](C)C2)c1. The lowest BCUT2D eigenvalue weighted by Gasteiger charge is -2.38. The standard InChI is InChI=1S/C20H30N2O4/c1-14-11-21(12-15(2)26-14)13-17-6-5-7-22(17)20(23)16-8-18(24-3)10-19(9-16)25-4/h8-10,14-15,17H,5-7,11-13H2,1-4H3/t14-,15-,17+/m0/s1. The Kier molecular flexibility index (Phi) is 6.04. The predicted molar refractivity (Wildman–Crippen MR) is 100 cm³/mol. The summed E-state index contributed by atoms with van der Waals surface area (Å²) in [6.07, 6.45) is 2.58. The van der Waals surface area contributed by atoms with E-state index in [-0.39, 0.29) is 24.2 Å². The van der Waals surface area contributed by atoms with Crippen LogP contribution in [0.1, 0.15) is 37.0 Å². The van der Waals surface area contributed by atoms with Gasteiger partial charge in [0.2, 0.25) is 0 Å². The van der Waals surface area contributed by atoms with Gasteiger partial charge in [0.1, 0.15) is 11.5 Å². The highest BCUT2D eigenvalue weighted by molar-refractivity contribution is 5.95. The highest BCUT2D eigenvalue weighted by Crippen LogP contribution is 2.27. The van der Waals surface area contributed by atoms with Crippen molar-refractivity contribution in [1.82, 2.24) is 9.80 Å². The van der Waals surface area contributed by atoms with Crippen molar-refractivity contribution in [3.63, 3.8) is 0 Å². The molecular formula is C20H30N2O4. The first kappa shape index (κ1) is 19.0. The fourth-order valence-corrected chi connectivity index (χ4v) is 4.12. The quantitative estimate of drug-likeness (QED) is 0.805. The molecule has 0 aromatic heterocycles. The number of carbonyl (C=O) groups excluding carboxylic acids is 1. The van der Waals surface area contributed by atoms with Crippen LogP contribution in [0.25, 0.3) is 0 Å². The third-order valence-corrected chi connectivity index (χ3v) is 5.20. The van der Waals surface area contributed by atoms with Crippen molar-refractivity contribution in [2.45, 2.75) is 44.9 Å². The summed E-state index contributed by atoms with van der Waals surface area (Å²) < 4.78 is 16.4. The number of carbonyl (C=O) groups is 1. The van der Waals surface area contributed by atoms with Gasteiger partial charge in [-0.3, -0.25) is 9.69 Å². The van der Waals surface area contributed by atoms with E-state index in [0.29, 0.717) is 17.1 Å². The van der Waals surface area contributed by atoms with Crippen molar-refractivity contribution in [3.8, 4) is 11.5 Å². The molecule has 2 heterocycles. The molecule has 0 spiro atoms. The fraction of sp³-hybridized carbons (Fsp3) is 0.650. The van der Waals surface area contributed by atoms with Crippen molar-refractivity contribution >= 4 is 5.91 Å². The normalized spacial score (nSPS) is 26.8. The van der Waals surface area contributed by atoms with Crippen LogP contribution in [0.15, 0.2) is 18.2 Å². The molecule has 0 N–H and O–H groups in total.